The van der Waals surface area contributed by atoms with Crippen LogP contribution >= 0.6 is 0 Å². The van der Waals surface area contributed by atoms with Gasteiger partial charge in [-0.25, -0.2) is 0 Å². The Balaban J connectivity index is 4.00. The van der Waals surface area contributed by atoms with Crippen LogP contribution in [0.15, 0.2) is 12.2 Å². The van der Waals surface area contributed by atoms with Gasteiger partial charge in [0, 0.05) is 6.42 Å². The van der Waals surface area contributed by atoms with E-state index in [1.165, 1.54) is 83.5 Å². The number of rotatable bonds is 29. The van der Waals surface area contributed by atoms with E-state index < -0.39 is 28.0 Å². The molecule has 3 N–H and O–H groups in total. The smallest absolute Gasteiger partial charge is 0.266 e. The first-order valence-electron chi connectivity index (χ1n) is 16.4. The molecule has 0 saturated carbocycles. The Labute approximate surface area is 241 Å². The van der Waals surface area contributed by atoms with E-state index in [1.54, 1.807) is 0 Å². The van der Waals surface area contributed by atoms with Crippen molar-refractivity contribution >= 4 is 16.0 Å². The zero-order valence-electron chi connectivity index (χ0n) is 25.5. The van der Waals surface area contributed by atoms with E-state index >= 15 is 0 Å². The topological polar surface area (TPSA) is 104 Å². The lowest BCUT2D eigenvalue weighted by atomic mass is 10.0. The zero-order valence-corrected chi connectivity index (χ0v) is 26.3. The van der Waals surface area contributed by atoms with Gasteiger partial charge in [0.15, 0.2) is 0 Å². The number of allylic oxidation sites excluding steroid dienone is 2. The lowest BCUT2D eigenvalue weighted by Crippen LogP contribution is -2.47. The molecule has 7 heteroatoms. The summed E-state index contributed by atoms with van der Waals surface area (Å²) in [4.78, 5) is 12.4. The van der Waals surface area contributed by atoms with Crippen molar-refractivity contribution in [2.24, 2.45) is 0 Å². The number of hydrogen-bond acceptors (Lipinski definition) is 4. The highest BCUT2D eigenvalue weighted by Gasteiger charge is 2.26. The average molecular weight is 574 g/mol. The normalized spacial score (nSPS) is 13.6. The molecule has 0 aromatic heterocycles. The maximum absolute atomic E-state index is 12.4. The third kappa shape index (κ3) is 28.4. The third-order valence-corrected chi connectivity index (χ3v) is 8.25. The van der Waals surface area contributed by atoms with Crippen LogP contribution in [0.1, 0.15) is 168 Å². The molecule has 232 valence electrons. The zero-order chi connectivity index (χ0) is 29.0. The molecule has 6 nitrogen and oxygen atoms in total. The Bertz CT molecular complexity index is 680. The van der Waals surface area contributed by atoms with Crippen molar-refractivity contribution in [3.63, 3.8) is 0 Å². The summed E-state index contributed by atoms with van der Waals surface area (Å²) in [5.41, 5.74) is 0. The Kier molecular flexibility index (Phi) is 26.6. The summed E-state index contributed by atoms with van der Waals surface area (Å²) in [5, 5.41) is 13.2. The monoisotopic (exact) mass is 573 g/mol. The van der Waals surface area contributed by atoms with Gasteiger partial charge < -0.3 is 10.4 Å². The van der Waals surface area contributed by atoms with Gasteiger partial charge in [-0.15, -0.1) is 0 Å². The number of nitrogens with one attached hydrogen (secondary N) is 1. The molecule has 2 unspecified atom stereocenters. The van der Waals surface area contributed by atoms with Gasteiger partial charge in [-0.05, 0) is 38.5 Å². The molecular formula is C32H63NO5S. The van der Waals surface area contributed by atoms with Crippen LogP contribution in [0.3, 0.4) is 0 Å². The molecular weight excluding hydrogens is 510 g/mol. The van der Waals surface area contributed by atoms with Crippen LogP contribution < -0.4 is 5.32 Å². The van der Waals surface area contributed by atoms with Gasteiger partial charge in [-0.2, -0.15) is 8.42 Å². The lowest BCUT2D eigenvalue weighted by molar-refractivity contribution is -0.122. The molecule has 0 aromatic rings. The lowest BCUT2D eigenvalue weighted by Gasteiger charge is -2.23. The standard InChI is InChI=1S/C32H63NO5S/c1-3-5-7-9-11-13-15-17-19-21-23-25-27-31(34)30(29-39(36,37)38)33-32(35)28-26-24-22-20-18-16-14-12-10-8-6-4-2/h12,14,30-31,34H,3-11,13,15-29H2,1-2H3,(H,33,35)(H,36,37,38)/b14-12-. The van der Waals surface area contributed by atoms with Crippen LogP contribution in [0.25, 0.3) is 0 Å². The minimum Gasteiger partial charge on any atom is -0.391 e. The average Bonchev–Trinajstić information content (AvgIpc) is 2.88. The Hall–Kier alpha value is -0.920. The summed E-state index contributed by atoms with van der Waals surface area (Å²) in [6, 6.07) is -0.968. The highest BCUT2D eigenvalue weighted by Crippen LogP contribution is 2.15. The first-order chi connectivity index (χ1) is 18.8. The Morgan fingerprint density at radius 1 is 0.667 bits per heavy atom. The molecule has 0 spiro atoms. The fraction of sp³-hybridized carbons (Fsp3) is 0.906. The largest absolute Gasteiger partial charge is 0.391 e. The second kappa shape index (κ2) is 27.3. The summed E-state index contributed by atoms with van der Waals surface area (Å²) >= 11 is 0. The number of hydrogen-bond donors (Lipinski definition) is 3. The van der Waals surface area contributed by atoms with Gasteiger partial charge >= 0.3 is 0 Å². The Morgan fingerprint density at radius 3 is 1.59 bits per heavy atom. The number of aliphatic hydroxyl groups excluding tert-OH is 1. The minimum atomic E-state index is -4.30. The molecule has 2 atom stereocenters. The van der Waals surface area contributed by atoms with E-state index in [1.807, 2.05) is 0 Å². The van der Waals surface area contributed by atoms with Gasteiger partial charge in [0.05, 0.1) is 17.9 Å². The molecule has 0 saturated heterocycles. The molecule has 0 fully saturated rings. The third-order valence-electron chi connectivity index (χ3n) is 7.47. The highest BCUT2D eigenvalue weighted by molar-refractivity contribution is 7.85. The van der Waals surface area contributed by atoms with Crippen LogP contribution in [-0.4, -0.2) is 41.9 Å². The SMILES string of the molecule is CCCCC/C=C\CCCCCCCC(=O)NC(CS(=O)(=O)O)C(O)CCCCCCCCCCCCCC. The predicted molar refractivity (Wildman–Crippen MR) is 166 cm³/mol. The van der Waals surface area contributed by atoms with Crippen LogP contribution in [0, 0.1) is 0 Å². The maximum Gasteiger partial charge on any atom is 0.266 e. The van der Waals surface area contributed by atoms with E-state index in [-0.39, 0.29) is 5.91 Å². The minimum absolute atomic E-state index is 0.257. The summed E-state index contributed by atoms with van der Waals surface area (Å²) in [7, 11) is -4.30. The van der Waals surface area contributed by atoms with E-state index in [0.717, 1.165) is 57.8 Å². The van der Waals surface area contributed by atoms with Gasteiger partial charge in [0.1, 0.15) is 0 Å². The Morgan fingerprint density at radius 2 is 1.08 bits per heavy atom. The fourth-order valence-corrected chi connectivity index (χ4v) is 5.74. The summed E-state index contributed by atoms with van der Waals surface area (Å²) in [5.74, 6) is -0.906. The molecule has 0 aliphatic rings. The van der Waals surface area contributed by atoms with Crippen molar-refractivity contribution in [2.75, 3.05) is 5.75 Å². The molecule has 0 rings (SSSR count). The maximum atomic E-state index is 12.4. The summed E-state index contributed by atoms with van der Waals surface area (Å²) in [6.45, 7) is 4.46. The fourth-order valence-electron chi connectivity index (χ4n) is 4.98. The molecule has 0 aromatic carbocycles. The molecule has 0 bridgehead atoms. The number of carbonyl (C=O) groups excluding carboxylic acids is 1. The van der Waals surface area contributed by atoms with Gasteiger partial charge in [0.2, 0.25) is 5.91 Å². The molecule has 1 amide bonds. The molecule has 0 radical (unpaired) electrons. The molecule has 0 aliphatic heterocycles. The number of carbonyl (C=O) groups is 1. The highest BCUT2D eigenvalue weighted by atomic mass is 32.2. The van der Waals surface area contributed by atoms with E-state index in [4.69, 9.17) is 0 Å². The van der Waals surface area contributed by atoms with Crippen LogP contribution in [-0.2, 0) is 14.9 Å². The van der Waals surface area contributed by atoms with Crippen LogP contribution in [0.4, 0.5) is 0 Å². The van der Waals surface area contributed by atoms with Crippen molar-refractivity contribution in [3.05, 3.63) is 12.2 Å². The first kappa shape index (κ1) is 38.1. The van der Waals surface area contributed by atoms with Gasteiger partial charge in [0.25, 0.3) is 10.1 Å². The van der Waals surface area contributed by atoms with Crippen LogP contribution in [0.2, 0.25) is 0 Å². The second-order valence-electron chi connectivity index (χ2n) is 11.4. The van der Waals surface area contributed by atoms with Crippen molar-refractivity contribution in [1.29, 1.82) is 0 Å². The van der Waals surface area contributed by atoms with E-state index in [0.29, 0.717) is 12.8 Å². The van der Waals surface area contributed by atoms with Crippen molar-refractivity contribution in [1.82, 2.24) is 5.32 Å². The predicted octanol–water partition coefficient (Wildman–Crippen LogP) is 8.68. The summed E-state index contributed by atoms with van der Waals surface area (Å²) < 4.78 is 32.2. The quantitative estimate of drug-likeness (QED) is 0.0472. The molecule has 0 heterocycles. The van der Waals surface area contributed by atoms with E-state index in [2.05, 4.69) is 31.3 Å². The number of amides is 1. The number of unbranched alkanes of at least 4 members (excludes halogenated alkanes) is 19. The second-order valence-corrected chi connectivity index (χ2v) is 12.9. The van der Waals surface area contributed by atoms with Crippen molar-refractivity contribution in [2.45, 2.75) is 180 Å². The summed E-state index contributed by atoms with van der Waals surface area (Å²) in [6.07, 6.45) is 30.1. The number of aliphatic hydroxyl groups is 1. The van der Waals surface area contributed by atoms with E-state index in [9.17, 15) is 22.9 Å². The van der Waals surface area contributed by atoms with Crippen molar-refractivity contribution in [3.8, 4) is 0 Å². The molecule has 39 heavy (non-hydrogen) atoms. The van der Waals surface area contributed by atoms with Crippen molar-refractivity contribution < 1.29 is 22.9 Å². The van der Waals surface area contributed by atoms with Gasteiger partial charge in [-0.3, -0.25) is 9.35 Å². The molecule has 0 aliphatic carbocycles. The first-order valence-corrected chi connectivity index (χ1v) is 18.0. The van der Waals surface area contributed by atoms with Gasteiger partial charge in [-0.1, -0.05) is 135 Å². The van der Waals surface area contributed by atoms with Crippen LogP contribution in [0.5, 0.6) is 0 Å².